The molecule has 0 saturated heterocycles. The minimum Gasteiger partial charge on any atom is -0.323 e. The molecule has 7 heteroatoms. The minimum absolute atomic E-state index is 0.155. The molecule has 3 aromatic rings. The van der Waals surface area contributed by atoms with E-state index >= 15 is 0 Å². The molecule has 1 N–H and O–H groups in total. The molecule has 5 nitrogen and oxygen atoms in total. The van der Waals surface area contributed by atoms with Crippen LogP contribution in [0.25, 0.3) is 11.0 Å². The molecule has 0 aliphatic heterocycles. The second kappa shape index (κ2) is 8.02. The summed E-state index contributed by atoms with van der Waals surface area (Å²) in [6.45, 7) is 2.25. The molecule has 0 radical (unpaired) electrons. The first kappa shape index (κ1) is 18.0. The van der Waals surface area contributed by atoms with Crippen LogP contribution in [-0.2, 0) is 11.3 Å². The number of carbonyl (C=O) groups is 1. The van der Waals surface area contributed by atoms with E-state index in [1.54, 1.807) is 19.1 Å². The Hall–Kier alpha value is -2.85. The average molecular weight is 368 g/mol. The van der Waals surface area contributed by atoms with Gasteiger partial charge in [-0.1, -0.05) is 36.0 Å². The van der Waals surface area contributed by atoms with Crippen molar-refractivity contribution in [3.63, 3.8) is 0 Å². The molecular formula is C19H17FN4OS. The molecular weight excluding hydrogens is 351 g/mol. The van der Waals surface area contributed by atoms with Gasteiger partial charge < -0.3 is 9.88 Å². The van der Waals surface area contributed by atoms with E-state index in [2.05, 4.69) is 16.4 Å². The highest BCUT2D eigenvalue weighted by Crippen LogP contribution is 2.28. The number of para-hydroxylation sites is 3. The quantitative estimate of drug-likeness (QED) is 0.662. The van der Waals surface area contributed by atoms with Crippen LogP contribution in [0.3, 0.4) is 0 Å². The topological polar surface area (TPSA) is 70.7 Å². The van der Waals surface area contributed by atoms with Gasteiger partial charge in [-0.25, -0.2) is 9.37 Å². The van der Waals surface area contributed by atoms with Crippen molar-refractivity contribution < 1.29 is 9.18 Å². The Kier molecular flexibility index (Phi) is 5.54. The van der Waals surface area contributed by atoms with Gasteiger partial charge in [0.1, 0.15) is 5.82 Å². The van der Waals surface area contributed by atoms with E-state index in [4.69, 9.17) is 5.26 Å². The second-order valence-corrected chi connectivity index (χ2v) is 6.98. The number of halogens is 1. The van der Waals surface area contributed by atoms with E-state index in [0.717, 1.165) is 11.0 Å². The zero-order valence-electron chi connectivity index (χ0n) is 14.1. The number of fused-ring (bicyclic) bond motifs is 1. The van der Waals surface area contributed by atoms with Crippen molar-refractivity contribution in [1.82, 2.24) is 9.55 Å². The first-order chi connectivity index (χ1) is 12.6. The molecule has 1 aromatic heterocycles. The van der Waals surface area contributed by atoms with Crippen LogP contribution in [0, 0.1) is 17.1 Å². The average Bonchev–Trinajstić information content (AvgIpc) is 2.98. The van der Waals surface area contributed by atoms with Crippen molar-refractivity contribution in [3.8, 4) is 6.07 Å². The third-order valence-electron chi connectivity index (χ3n) is 3.85. The van der Waals surface area contributed by atoms with Gasteiger partial charge >= 0.3 is 0 Å². The number of imidazole rings is 1. The van der Waals surface area contributed by atoms with Gasteiger partial charge in [0.15, 0.2) is 5.16 Å². The van der Waals surface area contributed by atoms with Crippen LogP contribution in [0.15, 0.2) is 53.7 Å². The predicted molar refractivity (Wildman–Crippen MR) is 100 cm³/mol. The number of benzene rings is 2. The van der Waals surface area contributed by atoms with Crippen molar-refractivity contribution in [2.45, 2.75) is 30.3 Å². The molecule has 0 aliphatic carbocycles. The number of anilines is 1. The monoisotopic (exact) mass is 368 g/mol. The van der Waals surface area contributed by atoms with Gasteiger partial charge in [0.25, 0.3) is 0 Å². The normalized spacial score (nSPS) is 11.9. The molecule has 1 unspecified atom stereocenters. The van der Waals surface area contributed by atoms with Gasteiger partial charge in [-0.3, -0.25) is 4.79 Å². The van der Waals surface area contributed by atoms with Crippen LogP contribution in [0.5, 0.6) is 0 Å². The maximum absolute atomic E-state index is 13.7. The molecule has 0 saturated carbocycles. The fourth-order valence-electron chi connectivity index (χ4n) is 2.53. The van der Waals surface area contributed by atoms with Crippen molar-refractivity contribution in [2.75, 3.05) is 5.32 Å². The molecule has 1 amide bonds. The number of hydrogen-bond donors (Lipinski definition) is 1. The lowest BCUT2D eigenvalue weighted by Gasteiger charge is -2.13. The van der Waals surface area contributed by atoms with E-state index in [1.807, 2.05) is 28.8 Å². The van der Waals surface area contributed by atoms with Gasteiger partial charge in [-0.15, -0.1) is 0 Å². The summed E-state index contributed by atoms with van der Waals surface area (Å²) in [5.74, 6) is -0.779. The fourth-order valence-corrected chi connectivity index (χ4v) is 3.48. The Labute approximate surface area is 154 Å². The summed E-state index contributed by atoms with van der Waals surface area (Å²) in [5, 5.41) is 11.7. The van der Waals surface area contributed by atoms with E-state index in [9.17, 15) is 9.18 Å². The van der Waals surface area contributed by atoms with Crippen molar-refractivity contribution in [1.29, 1.82) is 5.26 Å². The zero-order valence-corrected chi connectivity index (χ0v) is 15.0. The largest absolute Gasteiger partial charge is 0.323 e. The van der Waals surface area contributed by atoms with E-state index in [1.165, 1.54) is 23.9 Å². The number of amides is 1. The molecule has 3 rings (SSSR count). The van der Waals surface area contributed by atoms with Crippen LogP contribution >= 0.6 is 11.8 Å². The number of thioether (sulfide) groups is 1. The Balaban J connectivity index is 1.80. The van der Waals surface area contributed by atoms with Crippen molar-refractivity contribution >= 4 is 34.4 Å². The zero-order chi connectivity index (χ0) is 18.5. The minimum atomic E-state index is -0.479. The SMILES string of the molecule is CC(Sc1nc2ccccc2n1CCC#N)C(=O)Nc1ccccc1F. The Bertz CT molecular complexity index is 979. The summed E-state index contributed by atoms with van der Waals surface area (Å²) in [7, 11) is 0. The molecule has 1 heterocycles. The maximum Gasteiger partial charge on any atom is 0.237 e. The summed E-state index contributed by atoms with van der Waals surface area (Å²) >= 11 is 1.29. The van der Waals surface area contributed by atoms with Crippen molar-refractivity contribution in [3.05, 3.63) is 54.3 Å². The third-order valence-corrected chi connectivity index (χ3v) is 4.94. The molecule has 0 bridgehead atoms. The van der Waals surface area contributed by atoms with Gasteiger partial charge in [0.05, 0.1) is 34.5 Å². The first-order valence-corrected chi connectivity index (χ1v) is 9.02. The van der Waals surface area contributed by atoms with Crippen LogP contribution in [0.1, 0.15) is 13.3 Å². The van der Waals surface area contributed by atoms with Gasteiger partial charge in [-0.05, 0) is 31.2 Å². The first-order valence-electron chi connectivity index (χ1n) is 8.14. The second-order valence-electron chi connectivity index (χ2n) is 5.67. The molecule has 0 fully saturated rings. The number of nitrogens with zero attached hydrogens (tertiary/aromatic N) is 3. The number of aromatic nitrogens is 2. The molecule has 0 spiro atoms. The Morgan fingerprint density at radius 1 is 1.31 bits per heavy atom. The standard InChI is InChI=1S/C19H17FN4OS/c1-13(18(25)22-15-8-3-2-7-14(15)20)26-19-23-16-9-4-5-10-17(16)24(19)12-6-11-21/h2-5,7-10,13H,6,12H2,1H3,(H,22,25). The smallest absolute Gasteiger partial charge is 0.237 e. The number of nitrogens with one attached hydrogen (secondary N) is 1. The number of hydrogen-bond acceptors (Lipinski definition) is 4. The number of carbonyl (C=O) groups excluding carboxylic acids is 1. The third kappa shape index (κ3) is 3.86. The van der Waals surface area contributed by atoms with Gasteiger partial charge in [0, 0.05) is 6.54 Å². The number of rotatable bonds is 6. The Morgan fingerprint density at radius 2 is 2.04 bits per heavy atom. The van der Waals surface area contributed by atoms with Crippen molar-refractivity contribution in [2.24, 2.45) is 0 Å². The van der Waals surface area contributed by atoms with Gasteiger partial charge in [0.2, 0.25) is 5.91 Å². The lowest BCUT2D eigenvalue weighted by atomic mass is 10.3. The fraction of sp³-hybridized carbons (Fsp3) is 0.211. The highest BCUT2D eigenvalue weighted by molar-refractivity contribution is 8.00. The van der Waals surface area contributed by atoms with E-state index < -0.39 is 11.1 Å². The maximum atomic E-state index is 13.7. The molecule has 132 valence electrons. The highest BCUT2D eigenvalue weighted by Gasteiger charge is 2.20. The van der Waals surface area contributed by atoms with Crippen LogP contribution in [0.4, 0.5) is 10.1 Å². The van der Waals surface area contributed by atoms with Crippen LogP contribution in [-0.4, -0.2) is 20.7 Å². The Morgan fingerprint density at radius 3 is 2.81 bits per heavy atom. The molecule has 2 aromatic carbocycles. The summed E-state index contributed by atoms with van der Waals surface area (Å²) in [5.41, 5.74) is 1.89. The van der Waals surface area contributed by atoms with Gasteiger partial charge in [-0.2, -0.15) is 5.26 Å². The molecule has 1 atom stereocenters. The molecule has 0 aliphatic rings. The van der Waals surface area contributed by atoms with Crippen LogP contribution < -0.4 is 5.32 Å². The summed E-state index contributed by atoms with van der Waals surface area (Å²) in [6, 6.07) is 15.8. The predicted octanol–water partition coefficient (Wildman–Crippen LogP) is 4.21. The summed E-state index contributed by atoms with van der Waals surface area (Å²) in [4.78, 5) is 17.0. The van der Waals surface area contributed by atoms with Crippen LogP contribution in [0.2, 0.25) is 0 Å². The lowest BCUT2D eigenvalue weighted by molar-refractivity contribution is -0.115. The molecule has 26 heavy (non-hydrogen) atoms. The number of nitriles is 1. The summed E-state index contributed by atoms with van der Waals surface area (Å²) in [6.07, 6.45) is 0.351. The van der Waals surface area contributed by atoms with E-state index in [0.29, 0.717) is 18.1 Å². The lowest BCUT2D eigenvalue weighted by Crippen LogP contribution is -2.23. The van der Waals surface area contributed by atoms with E-state index in [-0.39, 0.29) is 11.6 Å². The highest BCUT2D eigenvalue weighted by atomic mass is 32.2. The summed E-state index contributed by atoms with van der Waals surface area (Å²) < 4.78 is 15.7. The number of aryl methyl sites for hydroxylation is 1.